The number of methoxy groups -OCH3 is 1. The maximum atomic E-state index is 14.3. The molecule has 3 heterocycles. The molecule has 1 aliphatic heterocycles. The lowest BCUT2D eigenvalue weighted by Gasteiger charge is -2.42. The number of nitrogens with zero attached hydrogens (tertiary/aromatic N) is 5. The molecule has 1 amide bonds. The number of hydrogen-bond donors (Lipinski definition) is 1. The highest BCUT2D eigenvalue weighted by Crippen LogP contribution is 2.44. The Morgan fingerprint density at radius 3 is 2.62 bits per heavy atom. The number of nitrogens with one attached hydrogen (secondary N) is 1. The first kappa shape index (κ1) is 29.7. The Morgan fingerprint density at radius 1 is 1.04 bits per heavy atom. The van der Waals surface area contributed by atoms with Gasteiger partial charge in [-0.25, -0.2) is 15.0 Å². The number of aromatic nitrogens is 3. The molecular weight excluding hydrogens is 625 g/mol. The van der Waals surface area contributed by atoms with E-state index in [9.17, 15) is 14.4 Å². The second-order valence-corrected chi connectivity index (χ2v) is 13.1. The quantitative estimate of drug-likeness (QED) is 0.285. The number of Topliss-reactive ketones (excluding diaryl/α,β-unsaturated/α-hetero) is 2. The van der Waals surface area contributed by atoms with Crippen molar-refractivity contribution >= 4 is 57.6 Å². The summed E-state index contributed by atoms with van der Waals surface area (Å²) in [6, 6.07) is 19.2. The van der Waals surface area contributed by atoms with E-state index in [2.05, 4.69) is 20.3 Å². The van der Waals surface area contributed by atoms with Gasteiger partial charge in [-0.1, -0.05) is 49.4 Å². The highest BCUT2D eigenvalue weighted by atomic mass is 32.1. The minimum atomic E-state index is -1.14. The minimum absolute atomic E-state index is 0.00203. The van der Waals surface area contributed by atoms with E-state index >= 15 is 0 Å². The predicted molar refractivity (Wildman–Crippen MR) is 185 cm³/mol. The average molecular weight is 655 g/mol. The van der Waals surface area contributed by atoms with Crippen LogP contribution in [0.4, 0.5) is 16.6 Å². The molecule has 10 nitrogen and oxygen atoms in total. The second-order valence-electron chi connectivity index (χ2n) is 12.2. The third-order valence-electron chi connectivity index (χ3n) is 9.47. The standard InChI is InChI=1S/C37H30N6O4S/c1-21-14-28-27-15-32(44)26-7-5-4-6-24(26)25(27)12-13-29(28)37(2,34(21)46)43-20-42(31-16-38-19-39-35(31)43)17-33(45)41-36-40-30(18-48-36)22-8-10-23(47-3)11-9-22/h4-16,18-19,21H,17,20H2,1-3H3,(H,40,41,45). The molecule has 2 aromatic heterocycles. The molecule has 0 radical (unpaired) electrons. The van der Waals surface area contributed by atoms with Crippen molar-refractivity contribution in [2.75, 3.05) is 35.4 Å². The van der Waals surface area contributed by atoms with E-state index in [1.165, 1.54) is 17.7 Å². The van der Waals surface area contributed by atoms with Gasteiger partial charge in [0.05, 0.1) is 32.2 Å². The Hall–Kier alpha value is -5.68. The number of benzene rings is 3. The predicted octanol–water partition coefficient (Wildman–Crippen LogP) is 4.39. The van der Waals surface area contributed by atoms with Crippen molar-refractivity contribution in [3.63, 3.8) is 0 Å². The molecule has 3 aliphatic rings. The molecule has 238 valence electrons. The fourth-order valence-corrected chi connectivity index (χ4v) is 7.80. The van der Waals surface area contributed by atoms with Gasteiger partial charge >= 0.3 is 0 Å². The van der Waals surface area contributed by atoms with Gasteiger partial charge in [0.1, 0.15) is 23.3 Å². The maximum absolute atomic E-state index is 14.3. The summed E-state index contributed by atoms with van der Waals surface area (Å²) in [5.74, 6) is 0.575. The Morgan fingerprint density at radius 2 is 1.83 bits per heavy atom. The van der Waals surface area contributed by atoms with Gasteiger partial charge in [-0.15, -0.1) is 11.3 Å². The molecule has 0 fully saturated rings. The maximum Gasteiger partial charge on any atom is 0.245 e. The van der Waals surface area contributed by atoms with Crippen molar-refractivity contribution in [1.82, 2.24) is 15.0 Å². The number of carbonyl (C=O) groups excluding carboxylic acids is 3. The number of ether oxygens (including phenoxy) is 1. The average Bonchev–Trinajstić information content (AvgIpc) is 3.72. The van der Waals surface area contributed by atoms with Crippen LogP contribution >= 0.6 is 11.3 Å². The lowest BCUT2D eigenvalue weighted by molar-refractivity contribution is -0.126. The van der Waals surface area contributed by atoms with E-state index in [1.807, 2.05) is 95.8 Å². The number of fused-ring (bicyclic) bond motifs is 6. The van der Waals surface area contributed by atoms with Gasteiger partial charge in [0.25, 0.3) is 0 Å². The molecule has 2 aliphatic carbocycles. The highest BCUT2D eigenvalue weighted by molar-refractivity contribution is 7.14. The summed E-state index contributed by atoms with van der Waals surface area (Å²) in [5.41, 5.74) is 4.49. The van der Waals surface area contributed by atoms with E-state index < -0.39 is 11.5 Å². The van der Waals surface area contributed by atoms with E-state index in [0.717, 1.165) is 44.1 Å². The van der Waals surface area contributed by atoms with Gasteiger partial charge in [-0.3, -0.25) is 14.4 Å². The Kier molecular flexibility index (Phi) is 6.95. The third kappa shape index (κ3) is 4.61. The lowest BCUT2D eigenvalue weighted by atomic mass is 9.73. The molecule has 0 saturated carbocycles. The molecule has 48 heavy (non-hydrogen) atoms. The van der Waals surface area contributed by atoms with Crippen molar-refractivity contribution in [2.45, 2.75) is 19.4 Å². The Balaban J connectivity index is 1.11. The monoisotopic (exact) mass is 654 g/mol. The van der Waals surface area contributed by atoms with Crippen molar-refractivity contribution < 1.29 is 19.1 Å². The first-order valence-electron chi connectivity index (χ1n) is 15.5. The summed E-state index contributed by atoms with van der Waals surface area (Å²) >= 11 is 1.35. The van der Waals surface area contributed by atoms with Crippen molar-refractivity contribution in [3.8, 4) is 28.1 Å². The molecule has 2 atom stereocenters. The lowest BCUT2D eigenvalue weighted by Crippen LogP contribution is -2.59. The fourth-order valence-electron chi connectivity index (χ4n) is 7.06. The largest absolute Gasteiger partial charge is 0.497 e. The zero-order valence-corrected chi connectivity index (χ0v) is 27.2. The summed E-state index contributed by atoms with van der Waals surface area (Å²) in [6.45, 7) is 4.02. The van der Waals surface area contributed by atoms with E-state index in [4.69, 9.17) is 4.74 Å². The van der Waals surface area contributed by atoms with Crippen molar-refractivity contribution in [1.29, 1.82) is 0 Å². The molecule has 0 saturated heterocycles. The number of hydrogen-bond acceptors (Lipinski definition) is 10. The molecule has 1 N–H and O–H groups in total. The summed E-state index contributed by atoms with van der Waals surface area (Å²) in [5, 5.41) is 6.99. The van der Waals surface area contributed by atoms with Gasteiger partial charge in [0, 0.05) is 22.4 Å². The first-order valence-corrected chi connectivity index (χ1v) is 16.4. The number of amides is 1. The zero-order valence-electron chi connectivity index (χ0n) is 26.4. The molecule has 8 rings (SSSR count). The molecule has 0 spiro atoms. The van der Waals surface area contributed by atoms with Crippen LogP contribution < -0.4 is 30.3 Å². The summed E-state index contributed by atoms with van der Waals surface area (Å²) in [4.78, 5) is 58.2. The Labute approximate surface area is 280 Å². The van der Waals surface area contributed by atoms with Crippen LogP contribution in [0.3, 0.4) is 0 Å². The number of anilines is 3. The fraction of sp³-hybridized carbons (Fsp3) is 0.189. The van der Waals surface area contributed by atoms with Crippen molar-refractivity contribution in [2.24, 2.45) is 5.92 Å². The number of thiazole rings is 1. The SMILES string of the molecule is COc1ccc(-c2csc(NC(=O)CN3CN(C4(C)C(=O)C(C)C=c5c4ccc4c5=CC(=O)c5ccccc5-4)c4ncncc43)n2)cc1. The first-order chi connectivity index (χ1) is 23.3. The summed E-state index contributed by atoms with van der Waals surface area (Å²) in [7, 11) is 1.62. The van der Waals surface area contributed by atoms with Gasteiger partial charge in [0.15, 0.2) is 22.5 Å². The topological polar surface area (TPSA) is 118 Å². The Bertz CT molecular complexity index is 2280. The van der Waals surface area contributed by atoms with E-state index in [1.54, 1.807) is 19.4 Å². The van der Waals surface area contributed by atoms with Crippen LogP contribution in [0.1, 0.15) is 29.8 Å². The van der Waals surface area contributed by atoms with E-state index in [0.29, 0.717) is 22.2 Å². The van der Waals surface area contributed by atoms with Crippen LogP contribution in [-0.4, -0.2) is 52.7 Å². The smallest absolute Gasteiger partial charge is 0.245 e. The molecular formula is C37H30N6O4S. The van der Waals surface area contributed by atoms with Crippen LogP contribution in [0.5, 0.6) is 5.75 Å². The van der Waals surface area contributed by atoms with E-state index in [-0.39, 0.29) is 30.7 Å². The van der Waals surface area contributed by atoms with Crippen molar-refractivity contribution in [3.05, 3.63) is 100 Å². The van der Waals surface area contributed by atoms with Gasteiger partial charge in [0.2, 0.25) is 5.91 Å². The molecule has 2 unspecified atom stereocenters. The van der Waals surface area contributed by atoms with Crippen LogP contribution in [0.15, 0.2) is 78.6 Å². The normalized spacial score (nSPS) is 19.0. The molecule has 11 heteroatoms. The van der Waals surface area contributed by atoms with Gasteiger partial charge < -0.3 is 19.9 Å². The highest BCUT2D eigenvalue weighted by Gasteiger charge is 2.50. The second kappa shape index (κ2) is 11.2. The molecule has 5 aromatic rings. The number of carbonyl (C=O) groups is 3. The van der Waals surface area contributed by atoms with Crippen LogP contribution in [0.2, 0.25) is 0 Å². The zero-order chi connectivity index (χ0) is 33.2. The molecule has 3 aromatic carbocycles. The van der Waals surface area contributed by atoms with Gasteiger partial charge in [-0.2, -0.15) is 0 Å². The van der Waals surface area contributed by atoms with Crippen LogP contribution in [-0.2, 0) is 15.1 Å². The summed E-state index contributed by atoms with van der Waals surface area (Å²) in [6.07, 6.45) is 6.77. The summed E-state index contributed by atoms with van der Waals surface area (Å²) < 4.78 is 5.24. The van der Waals surface area contributed by atoms with Crippen LogP contribution in [0, 0.1) is 5.92 Å². The minimum Gasteiger partial charge on any atom is -0.497 e. The number of rotatable bonds is 6. The molecule has 0 bridgehead atoms. The van der Waals surface area contributed by atoms with Crippen LogP contribution in [0.25, 0.3) is 34.5 Å². The number of ketones is 2. The third-order valence-corrected chi connectivity index (χ3v) is 10.2. The van der Waals surface area contributed by atoms with Gasteiger partial charge in [-0.05, 0) is 64.4 Å².